The molecule has 0 bridgehead atoms. The summed E-state index contributed by atoms with van der Waals surface area (Å²) in [6.45, 7) is 2.20. The summed E-state index contributed by atoms with van der Waals surface area (Å²) in [7, 11) is 1.26. The molecule has 0 aliphatic carbocycles. The third kappa shape index (κ3) is 6.90. The average molecular weight is 483 g/mol. The van der Waals surface area contributed by atoms with Crippen molar-refractivity contribution in [3.63, 3.8) is 0 Å². The number of hydrazone groups is 1. The first-order chi connectivity index (χ1) is 16.9. The number of carbonyl (C=O) groups excluding carboxylic acids is 3. The number of esters is 1. The normalized spacial score (nSPS) is 10.6. The summed E-state index contributed by atoms with van der Waals surface area (Å²) in [6, 6.07) is 13.4. The summed E-state index contributed by atoms with van der Waals surface area (Å²) >= 11 is 0. The molecule has 0 radical (unpaired) electrons. The Morgan fingerprint density at radius 3 is 2.57 bits per heavy atom. The van der Waals surface area contributed by atoms with Crippen molar-refractivity contribution in [3.05, 3.63) is 77.5 Å². The van der Waals surface area contributed by atoms with Gasteiger partial charge in [0, 0.05) is 0 Å². The van der Waals surface area contributed by atoms with Gasteiger partial charge >= 0.3 is 17.8 Å². The topological polar surface area (TPSA) is 128 Å². The standard InChI is InChI=1S/C24H22FN3O7/c1-3-33-21-12-15(8-10-19(21)34-14-16-9-11-20(35-16)24(31)32-2)13-26-28-23(30)22(29)27-18-7-5-4-6-17(18)25/h4-13H,3,14H2,1-2H3,(H,27,29)(H,28,30)/b26-13+. The smallest absolute Gasteiger partial charge is 0.373 e. The van der Waals surface area contributed by atoms with E-state index in [9.17, 15) is 18.8 Å². The highest BCUT2D eigenvalue weighted by atomic mass is 19.1. The Balaban J connectivity index is 1.59. The number of methoxy groups -OCH3 is 1. The molecule has 0 unspecified atom stereocenters. The molecule has 35 heavy (non-hydrogen) atoms. The van der Waals surface area contributed by atoms with E-state index in [1.807, 2.05) is 0 Å². The number of rotatable bonds is 9. The number of carbonyl (C=O) groups is 3. The van der Waals surface area contributed by atoms with Crippen molar-refractivity contribution in [3.8, 4) is 11.5 Å². The molecule has 3 rings (SSSR count). The summed E-state index contributed by atoms with van der Waals surface area (Å²) in [5.74, 6) is -2.11. The highest BCUT2D eigenvalue weighted by Gasteiger charge is 2.15. The lowest BCUT2D eigenvalue weighted by molar-refractivity contribution is -0.136. The van der Waals surface area contributed by atoms with Crippen LogP contribution >= 0.6 is 0 Å². The Morgan fingerprint density at radius 1 is 1.03 bits per heavy atom. The van der Waals surface area contributed by atoms with E-state index in [-0.39, 0.29) is 18.1 Å². The molecule has 2 N–H and O–H groups in total. The predicted molar refractivity (Wildman–Crippen MR) is 123 cm³/mol. The summed E-state index contributed by atoms with van der Waals surface area (Å²) < 4.78 is 34.9. The number of halogens is 1. The number of nitrogens with zero attached hydrogens (tertiary/aromatic N) is 1. The SMILES string of the molecule is CCOc1cc(/C=N/NC(=O)C(=O)Nc2ccccc2F)ccc1OCc1ccc(C(=O)OC)o1. The molecule has 0 fully saturated rings. The average Bonchev–Trinajstić information content (AvgIpc) is 3.33. The maximum atomic E-state index is 13.6. The Bertz CT molecular complexity index is 1240. The summed E-state index contributed by atoms with van der Waals surface area (Å²) in [6.07, 6.45) is 1.30. The molecular formula is C24H22FN3O7. The fourth-order valence-corrected chi connectivity index (χ4v) is 2.77. The van der Waals surface area contributed by atoms with Crippen LogP contribution in [0.25, 0.3) is 0 Å². The van der Waals surface area contributed by atoms with E-state index in [1.54, 1.807) is 31.2 Å². The van der Waals surface area contributed by atoms with Gasteiger partial charge in [-0.3, -0.25) is 9.59 Å². The summed E-state index contributed by atoms with van der Waals surface area (Å²) in [4.78, 5) is 35.3. The van der Waals surface area contributed by atoms with Gasteiger partial charge in [0.2, 0.25) is 5.76 Å². The zero-order chi connectivity index (χ0) is 25.2. The number of anilines is 1. The number of hydrogen-bond donors (Lipinski definition) is 2. The van der Waals surface area contributed by atoms with Gasteiger partial charge in [-0.1, -0.05) is 12.1 Å². The van der Waals surface area contributed by atoms with Crippen LogP contribution in [-0.4, -0.2) is 37.7 Å². The van der Waals surface area contributed by atoms with Crippen molar-refractivity contribution in [2.75, 3.05) is 19.0 Å². The van der Waals surface area contributed by atoms with Crippen LogP contribution < -0.4 is 20.2 Å². The maximum Gasteiger partial charge on any atom is 0.373 e. The molecule has 0 saturated carbocycles. The van der Waals surface area contributed by atoms with Crippen molar-refractivity contribution in [1.29, 1.82) is 0 Å². The van der Waals surface area contributed by atoms with E-state index >= 15 is 0 Å². The van der Waals surface area contributed by atoms with E-state index in [0.717, 1.165) is 6.07 Å². The number of para-hydroxylation sites is 1. The van der Waals surface area contributed by atoms with Crippen LogP contribution in [0.5, 0.6) is 11.5 Å². The van der Waals surface area contributed by atoms with Crippen molar-refractivity contribution >= 4 is 29.7 Å². The second-order valence-corrected chi connectivity index (χ2v) is 6.82. The Hall–Kier alpha value is -4.67. The van der Waals surface area contributed by atoms with E-state index < -0.39 is 23.6 Å². The third-order valence-electron chi connectivity index (χ3n) is 4.39. The van der Waals surface area contributed by atoms with E-state index in [1.165, 1.54) is 37.6 Å². The van der Waals surface area contributed by atoms with Crippen LogP contribution in [0, 0.1) is 5.82 Å². The van der Waals surface area contributed by atoms with Crippen molar-refractivity contribution in [1.82, 2.24) is 5.43 Å². The molecule has 0 spiro atoms. The first-order valence-corrected chi connectivity index (χ1v) is 10.4. The van der Waals surface area contributed by atoms with Gasteiger partial charge in [0.05, 0.1) is 25.6 Å². The molecule has 1 aromatic heterocycles. The highest BCUT2D eigenvalue weighted by Crippen LogP contribution is 2.29. The lowest BCUT2D eigenvalue weighted by Crippen LogP contribution is -2.32. The van der Waals surface area contributed by atoms with Gasteiger partial charge in [-0.2, -0.15) is 5.10 Å². The fourth-order valence-electron chi connectivity index (χ4n) is 2.77. The molecular weight excluding hydrogens is 461 g/mol. The van der Waals surface area contributed by atoms with Crippen LogP contribution in [0.1, 0.15) is 28.8 Å². The molecule has 0 atom stereocenters. The molecule has 0 aliphatic heterocycles. The van der Waals surface area contributed by atoms with E-state index in [2.05, 4.69) is 20.6 Å². The monoisotopic (exact) mass is 483 g/mol. The van der Waals surface area contributed by atoms with Gasteiger partial charge in [-0.05, 0) is 55.0 Å². The van der Waals surface area contributed by atoms with Crippen LogP contribution in [0.4, 0.5) is 10.1 Å². The van der Waals surface area contributed by atoms with Crippen molar-refractivity contribution in [2.24, 2.45) is 5.10 Å². The van der Waals surface area contributed by atoms with Crippen molar-refractivity contribution in [2.45, 2.75) is 13.5 Å². The number of furan rings is 1. The maximum absolute atomic E-state index is 13.6. The zero-order valence-corrected chi connectivity index (χ0v) is 18.9. The fraction of sp³-hybridized carbons (Fsp3) is 0.167. The number of ether oxygens (including phenoxy) is 3. The van der Waals surface area contributed by atoms with E-state index in [0.29, 0.717) is 29.4 Å². The van der Waals surface area contributed by atoms with Crippen LogP contribution in [0.15, 0.2) is 64.1 Å². The first kappa shape index (κ1) is 25.0. The van der Waals surface area contributed by atoms with Crippen LogP contribution in [0.2, 0.25) is 0 Å². The molecule has 11 heteroatoms. The first-order valence-electron chi connectivity index (χ1n) is 10.4. The molecule has 0 aliphatic rings. The molecule has 182 valence electrons. The highest BCUT2D eigenvalue weighted by molar-refractivity contribution is 6.39. The number of hydrogen-bond acceptors (Lipinski definition) is 8. The molecule has 10 nitrogen and oxygen atoms in total. The predicted octanol–water partition coefficient (Wildman–Crippen LogP) is 3.27. The van der Waals surface area contributed by atoms with Gasteiger partial charge in [0.25, 0.3) is 0 Å². The quantitative estimate of drug-likeness (QED) is 0.207. The molecule has 2 amide bonds. The van der Waals surface area contributed by atoms with E-state index in [4.69, 9.17) is 13.9 Å². The molecule has 0 saturated heterocycles. The Kier molecular flexibility index (Phi) is 8.54. The minimum atomic E-state index is -1.07. The second kappa shape index (κ2) is 12.0. The lowest BCUT2D eigenvalue weighted by Gasteiger charge is -2.11. The number of amides is 2. The van der Waals surface area contributed by atoms with Gasteiger partial charge in [0.1, 0.15) is 18.2 Å². The van der Waals surface area contributed by atoms with Crippen molar-refractivity contribution < 1.29 is 37.4 Å². The summed E-state index contributed by atoms with van der Waals surface area (Å²) in [5, 5.41) is 5.90. The molecule has 2 aromatic carbocycles. The number of benzene rings is 2. The second-order valence-electron chi connectivity index (χ2n) is 6.82. The van der Waals surface area contributed by atoms with Gasteiger partial charge in [-0.25, -0.2) is 14.6 Å². The van der Waals surface area contributed by atoms with Gasteiger partial charge in [0.15, 0.2) is 11.5 Å². The largest absolute Gasteiger partial charge is 0.490 e. The third-order valence-corrected chi connectivity index (χ3v) is 4.39. The Morgan fingerprint density at radius 2 is 1.83 bits per heavy atom. The minimum absolute atomic E-state index is 0.0394. The minimum Gasteiger partial charge on any atom is -0.490 e. The summed E-state index contributed by atoms with van der Waals surface area (Å²) in [5.41, 5.74) is 2.50. The molecule has 3 aromatic rings. The Labute approximate surface area is 199 Å². The van der Waals surface area contributed by atoms with Crippen LogP contribution in [0.3, 0.4) is 0 Å². The molecule has 1 heterocycles. The zero-order valence-electron chi connectivity index (χ0n) is 18.9. The van der Waals surface area contributed by atoms with Gasteiger partial charge in [-0.15, -0.1) is 0 Å². The van der Waals surface area contributed by atoms with Gasteiger partial charge < -0.3 is 23.9 Å². The number of nitrogens with one attached hydrogen (secondary N) is 2. The van der Waals surface area contributed by atoms with Crippen LogP contribution in [-0.2, 0) is 20.9 Å². The lowest BCUT2D eigenvalue weighted by atomic mass is 10.2.